The van der Waals surface area contributed by atoms with Crippen LogP contribution in [0.25, 0.3) is 0 Å². The summed E-state index contributed by atoms with van der Waals surface area (Å²) in [4.78, 5) is 0. The van der Waals surface area contributed by atoms with Crippen LogP contribution >= 0.6 is 27.3 Å². The van der Waals surface area contributed by atoms with Gasteiger partial charge in [-0.3, -0.25) is 0 Å². The van der Waals surface area contributed by atoms with Gasteiger partial charge < -0.3 is 9.73 Å². The molecule has 0 fully saturated rings. The molecular weight excluding hydrogens is 298 g/mol. The zero-order valence-corrected chi connectivity index (χ0v) is 12.3. The summed E-state index contributed by atoms with van der Waals surface area (Å²) in [7, 11) is 0. The molecule has 4 heteroatoms. The summed E-state index contributed by atoms with van der Waals surface area (Å²) in [5.41, 5.74) is 1.39. The zero-order valence-electron chi connectivity index (χ0n) is 9.94. The van der Waals surface area contributed by atoms with E-state index in [0.717, 1.165) is 16.9 Å². The van der Waals surface area contributed by atoms with Crippen LogP contribution in [0.1, 0.15) is 31.2 Å². The molecule has 2 aromatic rings. The second-order valence-electron chi connectivity index (χ2n) is 4.27. The van der Waals surface area contributed by atoms with Crippen LogP contribution in [0, 0.1) is 0 Å². The molecule has 2 heterocycles. The van der Waals surface area contributed by atoms with Crippen molar-refractivity contribution >= 4 is 27.3 Å². The molecule has 92 valence electrons. The molecule has 1 N–H and O–H groups in total. The highest BCUT2D eigenvalue weighted by Gasteiger charge is 2.13. The predicted molar refractivity (Wildman–Crippen MR) is 75.4 cm³/mol. The highest BCUT2D eigenvalue weighted by atomic mass is 79.9. The lowest BCUT2D eigenvalue weighted by Gasteiger charge is -2.18. The van der Waals surface area contributed by atoms with Gasteiger partial charge in [-0.2, -0.15) is 11.3 Å². The Kier molecular flexibility index (Phi) is 4.42. The Morgan fingerprint density at radius 1 is 1.35 bits per heavy atom. The van der Waals surface area contributed by atoms with Crippen LogP contribution in [0.4, 0.5) is 0 Å². The number of hydrogen-bond donors (Lipinski definition) is 1. The van der Waals surface area contributed by atoms with Crippen LogP contribution in [0.5, 0.6) is 0 Å². The Bertz CT molecular complexity index is 452. The Labute approximate surface area is 114 Å². The molecule has 0 aromatic carbocycles. The topological polar surface area (TPSA) is 25.2 Å². The van der Waals surface area contributed by atoms with E-state index < -0.39 is 0 Å². The maximum absolute atomic E-state index is 5.54. The third kappa shape index (κ3) is 3.69. The van der Waals surface area contributed by atoms with Gasteiger partial charge in [-0.1, -0.05) is 0 Å². The highest BCUT2D eigenvalue weighted by molar-refractivity contribution is 9.10. The van der Waals surface area contributed by atoms with Gasteiger partial charge in [0.25, 0.3) is 0 Å². The molecule has 2 rings (SSSR count). The lowest BCUT2D eigenvalue weighted by molar-refractivity contribution is 0.389. The molecule has 0 saturated heterocycles. The zero-order chi connectivity index (χ0) is 12.3. The van der Waals surface area contributed by atoms with E-state index in [1.165, 1.54) is 5.56 Å². The maximum Gasteiger partial charge on any atom is 0.169 e. The molecule has 0 radical (unpaired) electrons. The van der Waals surface area contributed by atoms with Crippen LogP contribution in [0.15, 0.2) is 38.0 Å². The van der Waals surface area contributed by atoms with E-state index in [2.05, 4.69) is 51.9 Å². The fraction of sp³-hybridized carbons (Fsp3) is 0.385. The lowest BCUT2D eigenvalue weighted by atomic mass is 10.1. The minimum atomic E-state index is 0.231. The Morgan fingerprint density at radius 3 is 2.76 bits per heavy atom. The molecule has 0 aliphatic carbocycles. The minimum Gasteiger partial charge on any atom is -0.453 e. The molecule has 17 heavy (non-hydrogen) atoms. The summed E-state index contributed by atoms with van der Waals surface area (Å²) in [6.07, 6.45) is 1.05. The first-order valence-electron chi connectivity index (χ1n) is 5.67. The van der Waals surface area contributed by atoms with E-state index in [0.29, 0.717) is 6.04 Å². The van der Waals surface area contributed by atoms with Gasteiger partial charge in [-0.25, -0.2) is 0 Å². The molecule has 0 bridgehead atoms. The van der Waals surface area contributed by atoms with Crippen molar-refractivity contribution < 1.29 is 4.42 Å². The van der Waals surface area contributed by atoms with Gasteiger partial charge in [0.1, 0.15) is 5.76 Å². The minimum absolute atomic E-state index is 0.231. The monoisotopic (exact) mass is 313 g/mol. The summed E-state index contributed by atoms with van der Waals surface area (Å²) in [6, 6.07) is 6.77. The molecule has 2 nitrogen and oxygen atoms in total. The number of thiophene rings is 1. The Morgan fingerprint density at radius 2 is 2.18 bits per heavy atom. The smallest absolute Gasteiger partial charge is 0.169 e. The fourth-order valence-corrected chi connectivity index (χ4v) is 2.89. The predicted octanol–water partition coefficient (Wildman–Crippen LogP) is 4.39. The van der Waals surface area contributed by atoms with Gasteiger partial charge >= 0.3 is 0 Å². The van der Waals surface area contributed by atoms with Gasteiger partial charge in [0.05, 0.1) is 6.04 Å². The van der Waals surface area contributed by atoms with Crippen molar-refractivity contribution in [2.75, 3.05) is 0 Å². The maximum atomic E-state index is 5.54. The molecule has 2 unspecified atom stereocenters. The Balaban J connectivity index is 1.88. The third-order valence-corrected chi connectivity index (χ3v) is 3.84. The van der Waals surface area contributed by atoms with Crippen molar-refractivity contribution in [1.82, 2.24) is 5.32 Å². The summed E-state index contributed by atoms with van der Waals surface area (Å²) < 4.78 is 6.32. The normalized spacial score (nSPS) is 14.8. The van der Waals surface area contributed by atoms with E-state index in [1.54, 1.807) is 11.3 Å². The average molecular weight is 314 g/mol. The third-order valence-electron chi connectivity index (χ3n) is 2.68. The summed E-state index contributed by atoms with van der Waals surface area (Å²) >= 11 is 5.07. The highest BCUT2D eigenvalue weighted by Crippen LogP contribution is 2.21. The second kappa shape index (κ2) is 5.85. The lowest BCUT2D eigenvalue weighted by Crippen LogP contribution is -2.30. The van der Waals surface area contributed by atoms with Crippen molar-refractivity contribution in [3.8, 4) is 0 Å². The quantitative estimate of drug-likeness (QED) is 0.885. The molecule has 2 atom stereocenters. The molecule has 0 spiro atoms. The van der Waals surface area contributed by atoms with Crippen LogP contribution in [-0.2, 0) is 6.42 Å². The number of hydrogen-bond acceptors (Lipinski definition) is 3. The molecular formula is C13H16BrNOS. The first kappa shape index (κ1) is 12.9. The fourth-order valence-electron chi connectivity index (χ4n) is 1.89. The molecule has 0 amide bonds. The van der Waals surface area contributed by atoms with E-state index >= 15 is 0 Å². The van der Waals surface area contributed by atoms with Gasteiger partial charge in [-0.05, 0) is 70.7 Å². The molecule has 2 aromatic heterocycles. The van der Waals surface area contributed by atoms with Gasteiger partial charge in [-0.15, -0.1) is 0 Å². The molecule has 0 aliphatic rings. The van der Waals surface area contributed by atoms with Crippen molar-refractivity contribution in [3.63, 3.8) is 0 Å². The van der Waals surface area contributed by atoms with Gasteiger partial charge in [0.2, 0.25) is 0 Å². The summed E-state index contributed by atoms with van der Waals surface area (Å²) in [5.74, 6) is 0.967. The number of furan rings is 1. The first-order chi connectivity index (χ1) is 8.15. The van der Waals surface area contributed by atoms with Crippen LogP contribution in [0.2, 0.25) is 0 Å². The van der Waals surface area contributed by atoms with Crippen molar-refractivity contribution in [1.29, 1.82) is 0 Å². The van der Waals surface area contributed by atoms with Gasteiger partial charge in [0, 0.05) is 6.04 Å². The first-order valence-corrected chi connectivity index (χ1v) is 7.41. The van der Waals surface area contributed by atoms with E-state index in [4.69, 9.17) is 4.42 Å². The molecule has 0 saturated carbocycles. The summed E-state index contributed by atoms with van der Waals surface area (Å²) in [5, 5.41) is 7.86. The summed E-state index contributed by atoms with van der Waals surface area (Å²) in [6.45, 7) is 4.32. The standard InChI is InChI=1S/C13H16BrNOS/c1-9(7-11-5-6-17-8-11)15-10(2)12-3-4-13(14)16-12/h3-6,8-10,15H,7H2,1-2H3. The van der Waals surface area contributed by atoms with E-state index in [1.807, 2.05) is 12.1 Å². The van der Waals surface area contributed by atoms with Crippen LogP contribution in [-0.4, -0.2) is 6.04 Å². The number of halogens is 1. The second-order valence-corrected chi connectivity index (χ2v) is 5.83. The SMILES string of the molecule is CC(Cc1ccsc1)NC(C)c1ccc(Br)o1. The average Bonchev–Trinajstić information content (AvgIpc) is 2.89. The van der Waals surface area contributed by atoms with Crippen LogP contribution in [0.3, 0.4) is 0 Å². The van der Waals surface area contributed by atoms with Gasteiger partial charge in [0.15, 0.2) is 4.67 Å². The largest absolute Gasteiger partial charge is 0.453 e. The molecule has 0 aliphatic heterocycles. The van der Waals surface area contributed by atoms with Crippen LogP contribution < -0.4 is 5.32 Å². The van der Waals surface area contributed by atoms with Crippen molar-refractivity contribution in [2.24, 2.45) is 0 Å². The van der Waals surface area contributed by atoms with E-state index in [-0.39, 0.29) is 6.04 Å². The van der Waals surface area contributed by atoms with Crippen molar-refractivity contribution in [3.05, 3.63) is 45.0 Å². The van der Waals surface area contributed by atoms with Crippen molar-refractivity contribution in [2.45, 2.75) is 32.4 Å². The van der Waals surface area contributed by atoms with E-state index in [9.17, 15) is 0 Å². The Hall–Kier alpha value is -0.580. The number of rotatable bonds is 5. The number of nitrogens with one attached hydrogen (secondary N) is 1.